The van der Waals surface area contributed by atoms with E-state index >= 15 is 0 Å². The molecule has 1 saturated heterocycles. The molecule has 0 bridgehead atoms. The topological polar surface area (TPSA) is 66.4 Å². The van der Waals surface area contributed by atoms with E-state index in [0.29, 0.717) is 5.56 Å². The average Bonchev–Trinajstić information content (AvgIpc) is 2.33. The van der Waals surface area contributed by atoms with Gasteiger partial charge in [-0.2, -0.15) is 0 Å². The number of hydrogen-bond acceptors (Lipinski definition) is 3. The van der Waals surface area contributed by atoms with Crippen LogP contribution in [-0.4, -0.2) is 32.8 Å². The fourth-order valence-electron chi connectivity index (χ4n) is 1.91. The fraction of sp³-hybridized carbons (Fsp3) is 0.364. The maximum atomic E-state index is 13.5. The van der Waals surface area contributed by atoms with Crippen LogP contribution in [0, 0.1) is 5.82 Å². The zero-order valence-corrected chi connectivity index (χ0v) is 11.9. The van der Waals surface area contributed by atoms with Crippen LogP contribution in [0.15, 0.2) is 12.1 Å². The largest absolute Gasteiger partial charge is 0.480 e. The van der Waals surface area contributed by atoms with E-state index in [0.717, 1.165) is 6.07 Å². The van der Waals surface area contributed by atoms with Crippen LogP contribution in [0.5, 0.6) is 0 Å². The Labute approximate surface area is 121 Å². The SMILES string of the molecule is O=C(O)C1CS(=O)CC(c2cc(F)c(Cl)cc2Cl)N1. The van der Waals surface area contributed by atoms with E-state index in [1.54, 1.807) is 0 Å². The number of carboxylic acid groups (broad SMARTS) is 1. The molecule has 1 aromatic carbocycles. The third kappa shape index (κ3) is 3.25. The standard InChI is InChI=1S/C11H10Cl2FNO3S/c12-6-2-7(13)8(14)1-5(6)9-3-19(18)4-10(15-9)11(16)17/h1-2,9-10,15H,3-4H2,(H,16,17). The number of aliphatic carboxylic acids is 1. The van der Waals surface area contributed by atoms with Crippen LogP contribution >= 0.6 is 23.2 Å². The van der Waals surface area contributed by atoms with E-state index < -0.39 is 34.7 Å². The number of benzene rings is 1. The van der Waals surface area contributed by atoms with Crippen LogP contribution in [0.1, 0.15) is 11.6 Å². The fourth-order valence-corrected chi connectivity index (χ4v) is 3.82. The van der Waals surface area contributed by atoms with Gasteiger partial charge < -0.3 is 5.11 Å². The van der Waals surface area contributed by atoms with Crippen molar-refractivity contribution in [3.8, 4) is 0 Å². The molecule has 4 nitrogen and oxygen atoms in total. The van der Waals surface area contributed by atoms with Gasteiger partial charge in [-0.25, -0.2) is 4.39 Å². The van der Waals surface area contributed by atoms with Gasteiger partial charge in [0.1, 0.15) is 11.9 Å². The molecule has 8 heteroatoms. The molecule has 2 N–H and O–H groups in total. The zero-order valence-electron chi connectivity index (χ0n) is 9.53. The summed E-state index contributed by atoms with van der Waals surface area (Å²) in [6.07, 6.45) is 0. The third-order valence-corrected chi connectivity index (χ3v) is 4.85. The molecule has 0 aromatic heterocycles. The third-order valence-electron chi connectivity index (χ3n) is 2.82. The van der Waals surface area contributed by atoms with Crippen LogP contribution in [-0.2, 0) is 15.6 Å². The van der Waals surface area contributed by atoms with Crippen LogP contribution in [0.2, 0.25) is 10.0 Å². The van der Waals surface area contributed by atoms with Gasteiger partial charge in [0.25, 0.3) is 0 Å². The summed E-state index contributed by atoms with van der Waals surface area (Å²) in [4.78, 5) is 11.0. The lowest BCUT2D eigenvalue weighted by Crippen LogP contribution is -2.49. The number of carbonyl (C=O) groups is 1. The van der Waals surface area contributed by atoms with Crippen molar-refractivity contribution in [2.45, 2.75) is 12.1 Å². The highest BCUT2D eigenvalue weighted by molar-refractivity contribution is 7.85. The van der Waals surface area contributed by atoms with Gasteiger partial charge in [0, 0.05) is 33.4 Å². The summed E-state index contributed by atoms with van der Waals surface area (Å²) in [7, 11) is -1.30. The van der Waals surface area contributed by atoms with Crippen LogP contribution < -0.4 is 5.32 Å². The summed E-state index contributed by atoms with van der Waals surface area (Å²) in [6, 6.07) is 0.885. The Morgan fingerprint density at radius 2 is 2.05 bits per heavy atom. The van der Waals surface area contributed by atoms with Crippen molar-refractivity contribution in [3.63, 3.8) is 0 Å². The highest BCUT2D eigenvalue weighted by atomic mass is 35.5. The van der Waals surface area contributed by atoms with Gasteiger partial charge in [-0.1, -0.05) is 23.2 Å². The van der Waals surface area contributed by atoms with Crippen LogP contribution in [0.3, 0.4) is 0 Å². The van der Waals surface area contributed by atoms with Gasteiger partial charge in [-0.05, 0) is 17.7 Å². The smallest absolute Gasteiger partial charge is 0.321 e. The minimum Gasteiger partial charge on any atom is -0.480 e. The van der Waals surface area contributed by atoms with E-state index in [9.17, 15) is 13.4 Å². The predicted molar refractivity (Wildman–Crippen MR) is 71.6 cm³/mol. The van der Waals surface area contributed by atoms with E-state index in [2.05, 4.69) is 5.32 Å². The zero-order chi connectivity index (χ0) is 14.2. The summed E-state index contributed by atoms with van der Waals surface area (Å²) in [5.41, 5.74) is 0.364. The van der Waals surface area contributed by atoms with Crippen molar-refractivity contribution in [2.24, 2.45) is 0 Å². The number of nitrogens with one attached hydrogen (secondary N) is 1. The molecule has 0 saturated carbocycles. The second-order valence-corrected chi connectivity index (χ2v) is 6.53. The molecule has 1 aromatic rings. The minimum atomic E-state index is -1.30. The molecule has 0 radical (unpaired) electrons. The number of halogens is 3. The molecule has 2 rings (SSSR count). The number of rotatable bonds is 2. The Hall–Kier alpha value is -0.690. The van der Waals surface area contributed by atoms with Crippen LogP contribution in [0.25, 0.3) is 0 Å². The first-order chi connectivity index (χ1) is 8.88. The number of carboxylic acids is 1. The lowest BCUT2D eigenvalue weighted by molar-refractivity contribution is -0.139. The van der Waals surface area contributed by atoms with Crippen molar-refractivity contribution in [1.82, 2.24) is 5.32 Å². The summed E-state index contributed by atoms with van der Waals surface area (Å²) in [5, 5.41) is 11.9. The Bertz CT molecular complexity index is 555. The Morgan fingerprint density at radius 1 is 1.37 bits per heavy atom. The second kappa shape index (κ2) is 5.75. The van der Waals surface area contributed by atoms with E-state index in [4.69, 9.17) is 28.3 Å². The molecule has 0 amide bonds. The lowest BCUT2D eigenvalue weighted by Gasteiger charge is -2.29. The van der Waals surface area contributed by atoms with Crippen molar-refractivity contribution in [1.29, 1.82) is 0 Å². The molecule has 1 aliphatic heterocycles. The van der Waals surface area contributed by atoms with Crippen molar-refractivity contribution in [3.05, 3.63) is 33.6 Å². The maximum Gasteiger partial charge on any atom is 0.321 e. The second-order valence-electron chi connectivity index (χ2n) is 4.17. The minimum absolute atomic E-state index is 0.0273. The Morgan fingerprint density at radius 3 is 2.68 bits per heavy atom. The average molecular weight is 326 g/mol. The Kier molecular flexibility index (Phi) is 4.45. The predicted octanol–water partition coefficient (Wildman–Crippen LogP) is 1.98. The summed E-state index contributed by atoms with van der Waals surface area (Å²) >= 11 is 11.6. The molecule has 0 aliphatic carbocycles. The first-order valence-electron chi connectivity index (χ1n) is 5.36. The number of hydrogen-bond donors (Lipinski definition) is 2. The van der Waals surface area contributed by atoms with Gasteiger partial charge in [-0.3, -0.25) is 14.3 Å². The monoisotopic (exact) mass is 325 g/mol. The van der Waals surface area contributed by atoms with E-state index in [-0.39, 0.29) is 21.6 Å². The van der Waals surface area contributed by atoms with Gasteiger partial charge >= 0.3 is 5.97 Å². The molecule has 3 atom stereocenters. The van der Waals surface area contributed by atoms with Crippen LogP contribution in [0.4, 0.5) is 4.39 Å². The van der Waals surface area contributed by atoms with Crippen molar-refractivity contribution in [2.75, 3.05) is 11.5 Å². The van der Waals surface area contributed by atoms with Gasteiger partial charge in [0.2, 0.25) is 0 Å². The molecular weight excluding hydrogens is 316 g/mol. The lowest BCUT2D eigenvalue weighted by atomic mass is 10.1. The maximum absolute atomic E-state index is 13.5. The highest BCUT2D eigenvalue weighted by Crippen LogP contribution is 2.30. The molecular formula is C11H10Cl2FNO3S. The molecule has 104 valence electrons. The summed E-state index contributed by atoms with van der Waals surface area (Å²) < 4.78 is 25.1. The molecule has 19 heavy (non-hydrogen) atoms. The molecule has 1 aliphatic rings. The van der Waals surface area contributed by atoms with Gasteiger partial charge in [0.05, 0.1) is 5.02 Å². The van der Waals surface area contributed by atoms with E-state index in [1.165, 1.54) is 6.07 Å². The first kappa shape index (κ1) is 14.7. The quantitative estimate of drug-likeness (QED) is 0.816. The van der Waals surface area contributed by atoms with Crippen molar-refractivity contribution < 1.29 is 18.5 Å². The summed E-state index contributed by atoms with van der Waals surface area (Å²) in [5.74, 6) is -1.53. The van der Waals surface area contributed by atoms with Crippen molar-refractivity contribution >= 4 is 40.0 Å². The van der Waals surface area contributed by atoms with E-state index in [1.807, 2.05) is 0 Å². The molecule has 3 unspecified atom stereocenters. The molecule has 1 fully saturated rings. The summed E-state index contributed by atoms with van der Waals surface area (Å²) in [6.45, 7) is 0. The van der Waals surface area contributed by atoms with Gasteiger partial charge in [-0.15, -0.1) is 0 Å². The Balaban J connectivity index is 2.33. The molecule has 0 spiro atoms. The normalized spacial score (nSPS) is 27.2. The highest BCUT2D eigenvalue weighted by Gasteiger charge is 2.32. The first-order valence-corrected chi connectivity index (χ1v) is 7.61. The van der Waals surface area contributed by atoms with Gasteiger partial charge in [0.15, 0.2) is 0 Å². The molecule has 1 heterocycles.